The van der Waals surface area contributed by atoms with E-state index >= 15 is 0 Å². The largest absolute Gasteiger partial charge is 0.496 e. The molecule has 0 bridgehead atoms. The molecule has 7 heteroatoms. The van der Waals surface area contributed by atoms with Crippen molar-refractivity contribution in [3.63, 3.8) is 0 Å². The minimum absolute atomic E-state index is 0.208. The van der Waals surface area contributed by atoms with Gasteiger partial charge in [-0.05, 0) is 38.0 Å². The molecule has 2 heterocycles. The lowest BCUT2D eigenvalue weighted by Gasteiger charge is -2.42. The Labute approximate surface area is 170 Å². The molecule has 2 aliphatic heterocycles. The van der Waals surface area contributed by atoms with E-state index in [9.17, 15) is 14.9 Å². The molecule has 0 radical (unpaired) electrons. The molecule has 2 aliphatic rings. The van der Waals surface area contributed by atoms with Crippen molar-refractivity contribution in [1.29, 1.82) is 5.26 Å². The summed E-state index contributed by atoms with van der Waals surface area (Å²) in [4.78, 5) is 26.3. The van der Waals surface area contributed by atoms with Gasteiger partial charge in [0.05, 0.1) is 24.8 Å². The van der Waals surface area contributed by atoms with Gasteiger partial charge in [-0.25, -0.2) is 0 Å². The Hall–Kier alpha value is -3.01. The van der Waals surface area contributed by atoms with E-state index in [0.717, 1.165) is 12.8 Å². The van der Waals surface area contributed by atoms with Gasteiger partial charge in [-0.1, -0.05) is 13.3 Å². The summed E-state index contributed by atoms with van der Waals surface area (Å²) in [6.07, 6.45) is 2.98. The lowest BCUT2D eigenvalue weighted by Crippen LogP contribution is -2.50. The van der Waals surface area contributed by atoms with Gasteiger partial charge in [0.15, 0.2) is 6.10 Å². The van der Waals surface area contributed by atoms with Gasteiger partial charge >= 0.3 is 5.97 Å². The SMILES string of the molecule is CCCC[C@@H]1Oc2ccc(C#N)cc2C(N2CC(OCC)=CC2=O)[C@H]1OC(C)=O. The monoisotopic (exact) mass is 398 g/mol. The number of rotatable bonds is 7. The molecule has 0 aliphatic carbocycles. The Kier molecular flexibility index (Phi) is 6.42. The molecule has 0 N–H and O–H groups in total. The van der Waals surface area contributed by atoms with Gasteiger partial charge in [0.2, 0.25) is 0 Å². The summed E-state index contributed by atoms with van der Waals surface area (Å²) in [5, 5.41) is 9.35. The highest BCUT2D eigenvalue weighted by atomic mass is 16.6. The van der Waals surface area contributed by atoms with Crippen molar-refractivity contribution in [2.24, 2.45) is 0 Å². The molecule has 0 aromatic heterocycles. The second kappa shape index (κ2) is 8.99. The number of nitrogens with zero attached hydrogens (tertiary/aromatic N) is 2. The molecule has 1 amide bonds. The summed E-state index contributed by atoms with van der Waals surface area (Å²) in [5.74, 6) is 0.541. The number of hydrogen-bond acceptors (Lipinski definition) is 6. The van der Waals surface area contributed by atoms with E-state index in [1.807, 2.05) is 6.92 Å². The Bertz CT molecular complexity index is 857. The molecule has 0 saturated carbocycles. The number of amides is 1. The predicted octanol–water partition coefficient (Wildman–Crippen LogP) is 3.24. The Balaban J connectivity index is 2.05. The van der Waals surface area contributed by atoms with E-state index in [-0.39, 0.29) is 18.6 Å². The zero-order chi connectivity index (χ0) is 21.0. The maximum absolute atomic E-state index is 12.8. The highest BCUT2D eigenvalue weighted by molar-refractivity contribution is 5.91. The number of ether oxygens (including phenoxy) is 3. The van der Waals surface area contributed by atoms with Crippen LogP contribution in [0.5, 0.6) is 5.75 Å². The summed E-state index contributed by atoms with van der Waals surface area (Å²) in [7, 11) is 0. The van der Waals surface area contributed by atoms with E-state index in [4.69, 9.17) is 14.2 Å². The van der Waals surface area contributed by atoms with Gasteiger partial charge in [0.1, 0.15) is 23.7 Å². The molecule has 0 fully saturated rings. The third-order valence-electron chi connectivity index (χ3n) is 5.12. The molecule has 1 aromatic rings. The highest BCUT2D eigenvalue weighted by Gasteiger charge is 2.46. The molecule has 3 rings (SSSR count). The van der Waals surface area contributed by atoms with Crippen LogP contribution >= 0.6 is 0 Å². The zero-order valence-electron chi connectivity index (χ0n) is 17.0. The van der Waals surface area contributed by atoms with Gasteiger partial charge in [-0.3, -0.25) is 9.59 Å². The molecular formula is C22H26N2O5. The van der Waals surface area contributed by atoms with Gasteiger partial charge in [0, 0.05) is 18.6 Å². The lowest BCUT2D eigenvalue weighted by atomic mass is 9.89. The standard InChI is InChI=1S/C22H26N2O5/c1-4-6-7-19-22(28-14(3)25)21(24-13-16(27-5-2)11-20(24)26)17-10-15(12-23)8-9-18(17)29-19/h8-11,19,21-22H,4-7,13H2,1-3H3/t19-,21?,22-/m0/s1. The normalized spacial score (nSPS) is 23.0. The minimum atomic E-state index is -0.668. The molecule has 29 heavy (non-hydrogen) atoms. The lowest BCUT2D eigenvalue weighted by molar-refractivity contribution is -0.162. The van der Waals surface area contributed by atoms with E-state index in [2.05, 4.69) is 13.0 Å². The molecule has 3 atom stereocenters. The summed E-state index contributed by atoms with van der Waals surface area (Å²) in [5.41, 5.74) is 1.12. The third kappa shape index (κ3) is 4.37. The second-order valence-electron chi connectivity index (χ2n) is 7.19. The minimum Gasteiger partial charge on any atom is -0.496 e. The smallest absolute Gasteiger partial charge is 0.303 e. The van der Waals surface area contributed by atoms with Gasteiger partial charge < -0.3 is 19.1 Å². The van der Waals surface area contributed by atoms with Crippen LogP contribution in [0.15, 0.2) is 30.0 Å². The summed E-state index contributed by atoms with van der Waals surface area (Å²) < 4.78 is 17.4. The summed E-state index contributed by atoms with van der Waals surface area (Å²) in [6, 6.07) is 6.72. The van der Waals surface area contributed by atoms with Crippen LogP contribution in [0.3, 0.4) is 0 Å². The number of benzene rings is 1. The van der Waals surface area contributed by atoms with Crippen LogP contribution < -0.4 is 4.74 Å². The first-order valence-corrected chi connectivity index (χ1v) is 10.00. The van der Waals surface area contributed by atoms with Crippen molar-refractivity contribution in [1.82, 2.24) is 4.90 Å². The van der Waals surface area contributed by atoms with Crippen LogP contribution in [0, 0.1) is 11.3 Å². The van der Waals surface area contributed by atoms with E-state index in [0.29, 0.717) is 35.7 Å². The van der Waals surface area contributed by atoms with Crippen molar-refractivity contribution < 1.29 is 23.8 Å². The number of fused-ring (bicyclic) bond motifs is 1. The fourth-order valence-electron chi connectivity index (χ4n) is 3.89. The van der Waals surface area contributed by atoms with Gasteiger partial charge in [-0.15, -0.1) is 0 Å². The Morgan fingerprint density at radius 3 is 2.83 bits per heavy atom. The quantitative estimate of drug-likeness (QED) is 0.655. The molecule has 154 valence electrons. The number of carbonyl (C=O) groups is 2. The van der Waals surface area contributed by atoms with Gasteiger partial charge in [0.25, 0.3) is 5.91 Å². The fourth-order valence-corrected chi connectivity index (χ4v) is 3.89. The Morgan fingerprint density at radius 1 is 1.38 bits per heavy atom. The predicted molar refractivity (Wildman–Crippen MR) is 105 cm³/mol. The van der Waals surface area contributed by atoms with E-state index in [1.54, 1.807) is 23.1 Å². The van der Waals surface area contributed by atoms with Gasteiger partial charge in [-0.2, -0.15) is 5.26 Å². The number of nitriles is 1. The topological polar surface area (TPSA) is 88.9 Å². The van der Waals surface area contributed by atoms with Crippen molar-refractivity contribution in [2.45, 2.75) is 58.3 Å². The molecule has 7 nitrogen and oxygen atoms in total. The van der Waals surface area contributed by atoms with Crippen LogP contribution in [0.4, 0.5) is 0 Å². The van der Waals surface area contributed by atoms with Crippen LogP contribution in [-0.2, 0) is 19.1 Å². The highest BCUT2D eigenvalue weighted by Crippen LogP contribution is 2.43. The van der Waals surface area contributed by atoms with E-state index < -0.39 is 18.1 Å². The van der Waals surface area contributed by atoms with Crippen LogP contribution in [0.1, 0.15) is 57.2 Å². The van der Waals surface area contributed by atoms with Crippen molar-refractivity contribution in [3.8, 4) is 11.8 Å². The first-order valence-electron chi connectivity index (χ1n) is 10.00. The van der Waals surface area contributed by atoms with E-state index in [1.165, 1.54) is 13.0 Å². The van der Waals surface area contributed by atoms with Crippen molar-refractivity contribution in [3.05, 3.63) is 41.2 Å². The zero-order valence-corrected chi connectivity index (χ0v) is 17.0. The molecule has 1 unspecified atom stereocenters. The first-order chi connectivity index (χ1) is 14.0. The van der Waals surface area contributed by atoms with Crippen LogP contribution in [0.25, 0.3) is 0 Å². The molecule has 1 aromatic carbocycles. The molecule has 0 spiro atoms. The van der Waals surface area contributed by atoms with Crippen molar-refractivity contribution >= 4 is 11.9 Å². The molecule has 0 saturated heterocycles. The number of unbranched alkanes of at least 4 members (excludes halogenated alkanes) is 1. The maximum atomic E-state index is 12.8. The van der Waals surface area contributed by atoms with Crippen LogP contribution in [0.2, 0.25) is 0 Å². The number of hydrogen-bond donors (Lipinski definition) is 0. The average molecular weight is 398 g/mol. The summed E-state index contributed by atoms with van der Waals surface area (Å²) in [6.45, 7) is 6.04. The fraction of sp³-hybridized carbons (Fsp3) is 0.500. The second-order valence-corrected chi connectivity index (χ2v) is 7.19. The number of carbonyl (C=O) groups excluding carboxylic acids is 2. The Morgan fingerprint density at radius 2 is 2.17 bits per heavy atom. The molecular weight excluding hydrogens is 372 g/mol. The summed E-state index contributed by atoms with van der Waals surface area (Å²) >= 11 is 0. The first kappa shape index (κ1) is 20.7. The maximum Gasteiger partial charge on any atom is 0.303 e. The van der Waals surface area contributed by atoms with Crippen LogP contribution in [-0.4, -0.2) is 42.1 Å². The number of esters is 1. The third-order valence-corrected chi connectivity index (χ3v) is 5.12. The van der Waals surface area contributed by atoms with Crippen molar-refractivity contribution in [2.75, 3.05) is 13.2 Å². The average Bonchev–Trinajstić information content (AvgIpc) is 3.05.